The van der Waals surface area contributed by atoms with Gasteiger partial charge in [0.15, 0.2) is 0 Å². The van der Waals surface area contributed by atoms with E-state index in [-0.39, 0.29) is 29.4 Å². The van der Waals surface area contributed by atoms with Gasteiger partial charge < -0.3 is 15.5 Å². The molecule has 2 aliphatic heterocycles. The fourth-order valence-corrected chi connectivity index (χ4v) is 3.64. The molecule has 2 N–H and O–H groups in total. The highest BCUT2D eigenvalue weighted by molar-refractivity contribution is 5.95. The van der Waals surface area contributed by atoms with Crippen LogP contribution in [0.5, 0.6) is 0 Å². The van der Waals surface area contributed by atoms with Crippen molar-refractivity contribution in [2.45, 2.75) is 32.6 Å². The summed E-state index contributed by atoms with van der Waals surface area (Å²) in [6.45, 7) is 6.35. The summed E-state index contributed by atoms with van der Waals surface area (Å²) in [5.41, 5.74) is 1.07. The Bertz CT molecular complexity index is 656. The van der Waals surface area contributed by atoms with Gasteiger partial charge in [-0.15, -0.1) is 12.4 Å². The van der Waals surface area contributed by atoms with Crippen LogP contribution in [0.25, 0.3) is 0 Å². The van der Waals surface area contributed by atoms with E-state index in [0.29, 0.717) is 17.8 Å². The van der Waals surface area contributed by atoms with Gasteiger partial charge in [0.05, 0.1) is 4.92 Å². The number of amides is 1. The molecule has 2 aliphatic rings. The van der Waals surface area contributed by atoms with E-state index in [9.17, 15) is 14.9 Å². The van der Waals surface area contributed by atoms with Crippen molar-refractivity contribution in [1.29, 1.82) is 0 Å². The van der Waals surface area contributed by atoms with Crippen molar-refractivity contribution in [1.82, 2.24) is 10.6 Å². The van der Waals surface area contributed by atoms with Crippen LogP contribution in [0, 0.1) is 15.5 Å². The van der Waals surface area contributed by atoms with Gasteiger partial charge in [0.1, 0.15) is 5.69 Å². The second kappa shape index (κ2) is 8.68. The van der Waals surface area contributed by atoms with E-state index in [1.807, 2.05) is 4.90 Å². The monoisotopic (exact) mass is 382 g/mol. The molecule has 0 aliphatic carbocycles. The molecule has 26 heavy (non-hydrogen) atoms. The molecule has 1 amide bonds. The molecule has 0 saturated carbocycles. The predicted octanol–water partition coefficient (Wildman–Crippen LogP) is 2.74. The Morgan fingerprint density at radius 2 is 1.96 bits per heavy atom. The molecule has 1 aromatic carbocycles. The van der Waals surface area contributed by atoms with Gasteiger partial charge in [-0.25, -0.2) is 0 Å². The average molecular weight is 383 g/mol. The summed E-state index contributed by atoms with van der Waals surface area (Å²) in [7, 11) is 0. The molecule has 0 aromatic heterocycles. The molecule has 0 atom stereocenters. The Morgan fingerprint density at radius 1 is 1.31 bits per heavy atom. The van der Waals surface area contributed by atoms with Crippen LogP contribution in [0.15, 0.2) is 18.2 Å². The minimum atomic E-state index is -0.390. The molecule has 8 heteroatoms. The third kappa shape index (κ3) is 4.65. The summed E-state index contributed by atoms with van der Waals surface area (Å²) in [4.78, 5) is 25.6. The van der Waals surface area contributed by atoms with Crippen molar-refractivity contribution in [3.8, 4) is 0 Å². The van der Waals surface area contributed by atoms with Gasteiger partial charge in [0.2, 0.25) is 0 Å². The number of nitro groups is 1. The largest absolute Gasteiger partial charge is 0.366 e. The van der Waals surface area contributed by atoms with E-state index in [2.05, 4.69) is 17.6 Å². The van der Waals surface area contributed by atoms with Crippen LogP contribution in [0.4, 0.5) is 11.4 Å². The summed E-state index contributed by atoms with van der Waals surface area (Å²) in [6.07, 6.45) is 4.13. The van der Waals surface area contributed by atoms with Crippen LogP contribution >= 0.6 is 12.4 Å². The molecular formula is C18H27ClN4O3. The topological polar surface area (TPSA) is 87.5 Å². The second-order valence-electron chi connectivity index (χ2n) is 7.40. The van der Waals surface area contributed by atoms with Crippen LogP contribution in [0.3, 0.4) is 0 Å². The molecule has 1 aromatic rings. The lowest BCUT2D eigenvalue weighted by molar-refractivity contribution is -0.384. The zero-order chi connectivity index (χ0) is 17.9. The first-order valence-electron chi connectivity index (χ1n) is 9.01. The van der Waals surface area contributed by atoms with Crippen LogP contribution in [0.1, 0.15) is 43.0 Å². The number of carbonyl (C=O) groups excluding carboxylic acids is 1. The predicted molar refractivity (Wildman–Crippen MR) is 104 cm³/mol. The molecule has 0 bridgehead atoms. The number of carbonyl (C=O) groups is 1. The first-order chi connectivity index (χ1) is 12.0. The van der Waals surface area contributed by atoms with Gasteiger partial charge >= 0.3 is 0 Å². The zero-order valence-corrected chi connectivity index (χ0v) is 15.9. The number of hydrogen-bond donors (Lipinski definition) is 2. The number of nitrogens with zero attached hydrogens (tertiary/aromatic N) is 2. The number of benzene rings is 1. The van der Waals surface area contributed by atoms with E-state index in [0.717, 1.165) is 51.9 Å². The normalized spacial score (nSPS) is 18.9. The lowest BCUT2D eigenvalue weighted by Crippen LogP contribution is -2.42. The molecule has 0 unspecified atom stereocenters. The van der Waals surface area contributed by atoms with Gasteiger partial charge in [-0.3, -0.25) is 14.9 Å². The van der Waals surface area contributed by atoms with Crippen molar-refractivity contribution < 1.29 is 9.72 Å². The first-order valence-corrected chi connectivity index (χ1v) is 9.01. The van der Waals surface area contributed by atoms with Crippen LogP contribution in [0.2, 0.25) is 0 Å². The lowest BCUT2D eigenvalue weighted by Gasteiger charge is -2.34. The number of nitro benzene ring substituents is 1. The maximum Gasteiger partial charge on any atom is 0.293 e. The smallest absolute Gasteiger partial charge is 0.293 e. The quantitative estimate of drug-likeness (QED) is 0.604. The van der Waals surface area contributed by atoms with E-state index >= 15 is 0 Å². The van der Waals surface area contributed by atoms with Gasteiger partial charge in [-0.1, -0.05) is 6.92 Å². The highest BCUT2D eigenvalue weighted by Gasteiger charge is 2.28. The fourth-order valence-electron chi connectivity index (χ4n) is 3.64. The minimum absolute atomic E-state index is 0. The number of halogens is 1. The average Bonchev–Trinajstić information content (AvgIpc) is 3.14. The maximum absolute atomic E-state index is 12.5. The summed E-state index contributed by atoms with van der Waals surface area (Å²) < 4.78 is 0. The van der Waals surface area contributed by atoms with E-state index < -0.39 is 4.92 Å². The molecule has 2 saturated heterocycles. The molecule has 0 radical (unpaired) electrons. The number of hydrogen-bond acceptors (Lipinski definition) is 5. The van der Waals surface area contributed by atoms with Gasteiger partial charge in [-0.05, 0) is 56.3 Å². The summed E-state index contributed by atoms with van der Waals surface area (Å²) in [5.74, 6) is -0.240. The van der Waals surface area contributed by atoms with Gasteiger partial charge in [-0.2, -0.15) is 0 Å². The maximum atomic E-state index is 12.5. The highest BCUT2D eigenvalue weighted by Crippen LogP contribution is 2.32. The minimum Gasteiger partial charge on any atom is -0.366 e. The van der Waals surface area contributed by atoms with E-state index in [4.69, 9.17) is 0 Å². The summed E-state index contributed by atoms with van der Waals surface area (Å²) >= 11 is 0. The summed E-state index contributed by atoms with van der Waals surface area (Å²) in [6, 6.07) is 4.82. The first kappa shape index (κ1) is 20.5. The van der Waals surface area contributed by atoms with E-state index in [1.54, 1.807) is 12.1 Å². The number of piperidine rings is 1. The van der Waals surface area contributed by atoms with E-state index in [1.165, 1.54) is 6.07 Å². The van der Waals surface area contributed by atoms with Crippen molar-refractivity contribution in [2.75, 3.05) is 37.6 Å². The summed E-state index contributed by atoms with van der Waals surface area (Å²) in [5, 5.41) is 17.7. The molecule has 7 nitrogen and oxygen atoms in total. The van der Waals surface area contributed by atoms with Crippen LogP contribution in [-0.4, -0.2) is 43.6 Å². The highest BCUT2D eigenvalue weighted by atomic mass is 35.5. The van der Waals surface area contributed by atoms with Crippen molar-refractivity contribution in [2.24, 2.45) is 5.41 Å². The molecular weight excluding hydrogens is 356 g/mol. The molecule has 2 heterocycles. The third-order valence-electron chi connectivity index (χ3n) is 5.37. The van der Waals surface area contributed by atoms with Crippen LogP contribution < -0.4 is 15.5 Å². The Morgan fingerprint density at radius 3 is 2.58 bits per heavy atom. The Kier molecular flexibility index (Phi) is 6.83. The molecule has 3 rings (SSSR count). The SMILES string of the molecule is CC1(CNC(=O)c2ccc(N3CCCC3)c([N+](=O)[O-])c2)CCNCC1.Cl. The third-order valence-corrected chi connectivity index (χ3v) is 5.37. The fraction of sp³-hybridized carbons (Fsp3) is 0.611. The molecule has 2 fully saturated rings. The number of anilines is 1. The zero-order valence-electron chi connectivity index (χ0n) is 15.1. The van der Waals surface area contributed by atoms with Gasteiger partial charge in [0, 0.05) is 31.3 Å². The number of nitrogens with one attached hydrogen (secondary N) is 2. The molecule has 144 valence electrons. The van der Waals surface area contributed by atoms with Crippen molar-refractivity contribution >= 4 is 29.7 Å². The Hall–Kier alpha value is -1.86. The lowest BCUT2D eigenvalue weighted by atomic mass is 9.81. The van der Waals surface area contributed by atoms with Crippen molar-refractivity contribution in [3.63, 3.8) is 0 Å². The van der Waals surface area contributed by atoms with Crippen molar-refractivity contribution in [3.05, 3.63) is 33.9 Å². The molecule has 0 spiro atoms. The standard InChI is InChI=1S/C18H26N4O3.ClH/c1-18(6-8-19-9-7-18)13-20-17(23)14-4-5-15(16(12-14)22(24)25)21-10-2-3-11-21;/h4-5,12,19H,2-3,6-11,13H2,1H3,(H,20,23);1H. The number of rotatable bonds is 5. The Labute approximate surface area is 160 Å². The van der Waals surface area contributed by atoms with Crippen LogP contribution in [-0.2, 0) is 0 Å². The van der Waals surface area contributed by atoms with Gasteiger partial charge in [0.25, 0.3) is 11.6 Å². The second-order valence-corrected chi connectivity index (χ2v) is 7.40. The Balaban J connectivity index is 0.00000243.